The molecule has 9 heteroatoms. The highest BCUT2D eigenvalue weighted by atomic mass is 35.5. The number of halogens is 4. The van der Waals surface area contributed by atoms with Crippen molar-refractivity contribution >= 4 is 29.9 Å². The van der Waals surface area contributed by atoms with Gasteiger partial charge in [0.05, 0.1) is 6.04 Å². The molecule has 0 spiro atoms. The molecular formula is C13H17ClF3N3O2. The second kappa shape index (κ2) is 8.00. The van der Waals surface area contributed by atoms with Crippen molar-refractivity contribution in [2.45, 2.75) is 25.7 Å². The Kier molecular flexibility index (Phi) is 7.34. The number of hydrogen-bond acceptors (Lipinski definition) is 3. The molecule has 1 aromatic carbocycles. The van der Waals surface area contributed by atoms with Gasteiger partial charge in [-0.1, -0.05) is 12.1 Å². The average molecular weight is 340 g/mol. The minimum atomic E-state index is -4.91. The molecule has 0 aliphatic carbocycles. The third kappa shape index (κ3) is 5.90. The van der Waals surface area contributed by atoms with Gasteiger partial charge in [0.15, 0.2) is 0 Å². The molecule has 3 N–H and O–H groups in total. The summed E-state index contributed by atoms with van der Waals surface area (Å²) in [5.74, 6) is -2.33. The molecule has 0 aliphatic rings. The third-order valence-electron chi connectivity index (χ3n) is 2.62. The summed E-state index contributed by atoms with van der Waals surface area (Å²) in [6.07, 6.45) is -4.91. The Morgan fingerprint density at radius 1 is 1.36 bits per heavy atom. The molecule has 0 unspecified atom stereocenters. The molecule has 0 heterocycles. The van der Waals surface area contributed by atoms with Crippen LogP contribution in [-0.4, -0.2) is 36.0 Å². The largest absolute Gasteiger partial charge is 0.471 e. The smallest absolute Gasteiger partial charge is 0.334 e. The fourth-order valence-corrected chi connectivity index (χ4v) is 1.57. The third-order valence-corrected chi connectivity index (χ3v) is 2.62. The summed E-state index contributed by atoms with van der Waals surface area (Å²) in [4.78, 5) is 23.0. The molecule has 124 valence electrons. The first-order chi connectivity index (χ1) is 9.61. The van der Waals surface area contributed by atoms with Gasteiger partial charge in [0.2, 0.25) is 5.91 Å². The van der Waals surface area contributed by atoms with E-state index in [2.05, 4.69) is 5.32 Å². The summed E-state index contributed by atoms with van der Waals surface area (Å²) in [5, 5.41) is 2.52. The number of anilines is 1. The van der Waals surface area contributed by atoms with Gasteiger partial charge in [0.1, 0.15) is 0 Å². The highest BCUT2D eigenvalue weighted by molar-refractivity contribution is 5.94. The van der Waals surface area contributed by atoms with Crippen LogP contribution in [0.3, 0.4) is 0 Å². The molecule has 2 amide bonds. The van der Waals surface area contributed by atoms with Gasteiger partial charge in [0.25, 0.3) is 0 Å². The normalized spacial score (nSPS) is 12.1. The van der Waals surface area contributed by atoms with Gasteiger partial charge in [-0.05, 0) is 24.6 Å². The molecule has 22 heavy (non-hydrogen) atoms. The van der Waals surface area contributed by atoms with Crippen LogP contribution in [0.4, 0.5) is 18.9 Å². The predicted molar refractivity (Wildman–Crippen MR) is 78.5 cm³/mol. The molecule has 0 aromatic heterocycles. The van der Waals surface area contributed by atoms with Crippen LogP contribution in [-0.2, 0) is 16.1 Å². The first-order valence-electron chi connectivity index (χ1n) is 6.09. The summed E-state index contributed by atoms with van der Waals surface area (Å²) in [5.41, 5.74) is 6.26. The van der Waals surface area contributed by atoms with Gasteiger partial charge in [0, 0.05) is 19.3 Å². The SMILES string of the molecule is C[C@H](N)C(=O)Nc1cccc(CN(C)C(=O)C(F)(F)F)c1.Cl. The molecule has 0 fully saturated rings. The summed E-state index contributed by atoms with van der Waals surface area (Å²) in [6, 6.07) is 5.48. The number of benzene rings is 1. The number of amides is 2. The van der Waals surface area contributed by atoms with Gasteiger partial charge >= 0.3 is 12.1 Å². The van der Waals surface area contributed by atoms with E-state index in [9.17, 15) is 22.8 Å². The number of carbonyl (C=O) groups excluding carboxylic acids is 2. The summed E-state index contributed by atoms with van der Waals surface area (Å²) in [7, 11) is 1.06. The van der Waals surface area contributed by atoms with Crippen molar-refractivity contribution in [2.24, 2.45) is 5.73 Å². The molecule has 1 rings (SSSR count). The lowest BCUT2D eigenvalue weighted by atomic mass is 10.2. The zero-order valence-electron chi connectivity index (χ0n) is 12.0. The second-order valence-corrected chi connectivity index (χ2v) is 4.64. The highest BCUT2D eigenvalue weighted by Crippen LogP contribution is 2.19. The van der Waals surface area contributed by atoms with Crippen LogP contribution in [0.1, 0.15) is 12.5 Å². The van der Waals surface area contributed by atoms with E-state index in [1.54, 1.807) is 18.2 Å². The second-order valence-electron chi connectivity index (χ2n) is 4.64. The molecule has 1 atom stereocenters. The molecule has 0 radical (unpaired) electrons. The summed E-state index contributed by atoms with van der Waals surface area (Å²) < 4.78 is 36.8. The van der Waals surface area contributed by atoms with E-state index in [4.69, 9.17) is 5.73 Å². The Labute approximate surface area is 132 Å². The fraction of sp³-hybridized carbons (Fsp3) is 0.385. The highest BCUT2D eigenvalue weighted by Gasteiger charge is 2.41. The lowest BCUT2D eigenvalue weighted by Gasteiger charge is -2.19. The van der Waals surface area contributed by atoms with E-state index >= 15 is 0 Å². The first kappa shape index (κ1) is 20.2. The first-order valence-corrected chi connectivity index (χ1v) is 6.09. The molecule has 0 saturated heterocycles. The van der Waals surface area contributed by atoms with Crippen LogP contribution in [0.25, 0.3) is 0 Å². The Balaban J connectivity index is 0.00000441. The summed E-state index contributed by atoms with van der Waals surface area (Å²) in [6.45, 7) is 1.29. The maximum atomic E-state index is 12.3. The Bertz CT molecular complexity index is 536. The Morgan fingerprint density at radius 3 is 2.45 bits per heavy atom. The lowest BCUT2D eigenvalue weighted by Crippen LogP contribution is -2.38. The van der Waals surface area contributed by atoms with Crippen LogP contribution < -0.4 is 11.1 Å². The van der Waals surface area contributed by atoms with Gasteiger partial charge in [-0.3, -0.25) is 9.59 Å². The monoisotopic (exact) mass is 339 g/mol. The van der Waals surface area contributed by atoms with E-state index in [1.165, 1.54) is 13.0 Å². The van der Waals surface area contributed by atoms with Gasteiger partial charge in [-0.15, -0.1) is 12.4 Å². The fourth-order valence-electron chi connectivity index (χ4n) is 1.57. The maximum Gasteiger partial charge on any atom is 0.471 e. The zero-order valence-corrected chi connectivity index (χ0v) is 12.8. The quantitative estimate of drug-likeness (QED) is 0.880. The van der Waals surface area contributed by atoms with Crippen LogP contribution in [0.2, 0.25) is 0 Å². The van der Waals surface area contributed by atoms with E-state index in [-0.39, 0.29) is 19.0 Å². The molecule has 0 aliphatic heterocycles. The van der Waals surface area contributed by atoms with E-state index < -0.39 is 24.0 Å². The minimum absolute atomic E-state index is 0. The molecule has 0 saturated carbocycles. The lowest BCUT2D eigenvalue weighted by molar-refractivity contribution is -0.184. The van der Waals surface area contributed by atoms with Crippen LogP contribution in [0.15, 0.2) is 24.3 Å². The molecule has 5 nitrogen and oxygen atoms in total. The zero-order chi connectivity index (χ0) is 16.2. The number of alkyl halides is 3. The minimum Gasteiger partial charge on any atom is -0.334 e. The standard InChI is InChI=1S/C13H16F3N3O2.ClH/c1-8(17)11(20)18-10-5-3-4-9(6-10)7-19(2)12(21)13(14,15)16;/h3-6,8H,7,17H2,1-2H3,(H,18,20);1H/t8-;/m0./s1. The van der Waals surface area contributed by atoms with Crippen molar-refractivity contribution in [3.05, 3.63) is 29.8 Å². The number of nitrogens with two attached hydrogens (primary N) is 1. The number of nitrogens with one attached hydrogen (secondary N) is 1. The molecular weight excluding hydrogens is 323 g/mol. The van der Waals surface area contributed by atoms with Crippen LogP contribution in [0.5, 0.6) is 0 Å². The molecule has 0 bridgehead atoms. The van der Waals surface area contributed by atoms with Gasteiger partial charge < -0.3 is 16.0 Å². The maximum absolute atomic E-state index is 12.3. The number of nitrogens with zero attached hydrogens (tertiary/aromatic N) is 1. The number of rotatable bonds is 4. The number of carbonyl (C=O) groups is 2. The van der Waals surface area contributed by atoms with Gasteiger partial charge in [-0.25, -0.2) is 0 Å². The molecule has 1 aromatic rings. The summed E-state index contributed by atoms with van der Waals surface area (Å²) >= 11 is 0. The van der Waals surface area contributed by atoms with Crippen molar-refractivity contribution in [2.75, 3.05) is 12.4 Å². The van der Waals surface area contributed by atoms with Gasteiger partial charge in [-0.2, -0.15) is 13.2 Å². The Hall–Kier alpha value is -1.80. The van der Waals surface area contributed by atoms with Crippen molar-refractivity contribution in [1.29, 1.82) is 0 Å². The average Bonchev–Trinajstić information content (AvgIpc) is 2.36. The van der Waals surface area contributed by atoms with E-state index in [0.717, 1.165) is 7.05 Å². The Morgan fingerprint density at radius 2 is 1.95 bits per heavy atom. The van der Waals surface area contributed by atoms with E-state index in [1.807, 2.05) is 0 Å². The number of hydrogen-bond donors (Lipinski definition) is 2. The van der Waals surface area contributed by atoms with Crippen molar-refractivity contribution in [3.63, 3.8) is 0 Å². The van der Waals surface area contributed by atoms with Crippen molar-refractivity contribution < 1.29 is 22.8 Å². The predicted octanol–water partition coefficient (Wildman–Crippen LogP) is 1.91. The van der Waals surface area contributed by atoms with Crippen LogP contribution in [0, 0.1) is 0 Å². The topological polar surface area (TPSA) is 75.4 Å². The van der Waals surface area contributed by atoms with Crippen LogP contribution >= 0.6 is 12.4 Å². The van der Waals surface area contributed by atoms with Crippen molar-refractivity contribution in [3.8, 4) is 0 Å². The van der Waals surface area contributed by atoms with Crippen molar-refractivity contribution in [1.82, 2.24) is 4.90 Å². The van der Waals surface area contributed by atoms with E-state index in [0.29, 0.717) is 16.2 Å².